The lowest BCUT2D eigenvalue weighted by atomic mass is 10.2. The molecular formula is C17H17N5OS. The van der Waals surface area contributed by atoms with Crippen molar-refractivity contribution >= 4 is 23.4 Å². The molecule has 0 aliphatic heterocycles. The van der Waals surface area contributed by atoms with E-state index in [9.17, 15) is 4.79 Å². The smallest absolute Gasteiger partial charge is 0.234 e. The fourth-order valence-corrected chi connectivity index (χ4v) is 2.93. The van der Waals surface area contributed by atoms with E-state index in [0.717, 1.165) is 22.6 Å². The van der Waals surface area contributed by atoms with E-state index >= 15 is 0 Å². The number of amides is 1. The van der Waals surface area contributed by atoms with Gasteiger partial charge < -0.3 is 9.88 Å². The maximum Gasteiger partial charge on any atom is 0.234 e. The molecule has 6 nitrogen and oxygen atoms in total. The number of nitrogens with zero attached hydrogens (tertiary/aromatic N) is 4. The second-order valence-corrected chi connectivity index (χ2v) is 6.20. The van der Waals surface area contributed by atoms with Gasteiger partial charge in [0.15, 0.2) is 11.0 Å². The van der Waals surface area contributed by atoms with E-state index in [1.165, 1.54) is 11.8 Å². The first kappa shape index (κ1) is 16.2. The molecule has 0 unspecified atom stereocenters. The van der Waals surface area contributed by atoms with Crippen LogP contribution in [0.25, 0.3) is 11.4 Å². The molecule has 3 rings (SSSR count). The van der Waals surface area contributed by atoms with Crippen LogP contribution in [0.1, 0.15) is 5.56 Å². The van der Waals surface area contributed by atoms with Crippen LogP contribution < -0.4 is 5.32 Å². The lowest BCUT2D eigenvalue weighted by Crippen LogP contribution is -2.15. The molecule has 2 aromatic heterocycles. The van der Waals surface area contributed by atoms with Crippen molar-refractivity contribution in [2.45, 2.75) is 12.1 Å². The number of para-hydroxylation sites is 1. The SMILES string of the molecule is Cc1ccccc1NC(=O)CSc1nnc(-c2ccncc2)n1C. The molecule has 0 radical (unpaired) electrons. The van der Waals surface area contributed by atoms with Crippen LogP contribution in [0.4, 0.5) is 5.69 Å². The summed E-state index contributed by atoms with van der Waals surface area (Å²) in [6.07, 6.45) is 3.43. The minimum Gasteiger partial charge on any atom is -0.325 e. The first-order chi connectivity index (χ1) is 11.6. The molecule has 0 saturated heterocycles. The number of hydrogen-bond acceptors (Lipinski definition) is 5. The molecule has 2 heterocycles. The van der Waals surface area contributed by atoms with Gasteiger partial charge >= 0.3 is 0 Å². The molecule has 0 saturated carbocycles. The second-order valence-electron chi connectivity index (χ2n) is 5.25. The van der Waals surface area contributed by atoms with Crippen LogP contribution in [-0.2, 0) is 11.8 Å². The summed E-state index contributed by atoms with van der Waals surface area (Å²) in [5.41, 5.74) is 2.81. The van der Waals surface area contributed by atoms with Crippen molar-refractivity contribution < 1.29 is 4.79 Å². The highest BCUT2D eigenvalue weighted by Crippen LogP contribution is 2.22. The normalized spacial score (nSPS) is 10.6. The van der Waals surface area contributed by atoms with Gasteiger partial charge in [-0.15, -0.1) is 10.2 Å². The average Bonchev–Trinajstić information content (AvgIpc) is 2.97. The molecule has 0 bridgehead atoms. The lowest BCUT2D eigenvalue weighted by molar-refractivity contribution is -0.113. The Morgan fingerprint density at radius 3 is 2.67 bits per heavy atom. The number of pyridine rings is 1. The van der Waals surface area contributed by atoms with Gasteiger partial charge in [-0.1, -0.05) is 30.0 Å². The second kappa shape index (κ2) is 7.27. The fourth-order valence-electron chi connectivity index (χ4n) is 2.22. The average molecular weight is 339 g/mol. The monoisotopic (exact) mass is 339 g/mol. The summed E-state index contributed by atoms with van der Waals surface area (Å²) < 4.78 is 1.88. The minimum atomic E-state index is -0.0669. The molecule has 7 heteroatoms. The van der Waals surface area contributed by atoms with Crippen molar-refractivity contribution in [1.29, 1.82) is 0 Å². The van der Waals surface area contributed by atoms with E-state index in [4.69, 9.17) is 0 Å². The fraction of sp³-hybridized carbons (Fsp3) is 0.176. The number of anilines is 1. The maximum absolute atomic E-state index is 12.1. The van der Waals surface area contributed by atoms with Crippen molar-refractivity contribution in [3.8, 4) is 11.4 Å². The number of aromatic nitrogens is 4. The number of hydrogen-bond donors (Lipinski definition) is 1. The van der Waals surface area contributed by atoms with Gasteiger partial charge in [-0.2, -0.15) is 0 Å². The number of carbonyl (C=O) groups excluding carboxylic acids is 1. The van der Waals surface area contributed by atoms with Crippen LogP contribution in [0.5, 0.6) is 0 Å². The zero-order valence-corrected chi connectivity index (χ0v) is 14.2. The van der Waals surface area contributed by atoms with Crippen molar-refractivity contribution in [1.82, 2.24) is 19.7 Å². The Balaban J connectivity index is 1.64. The Labute approximate surface area is 144 Å². The predicted octanol–water partition coefficient (Wildman–Crippen LogP) is 2.92. The summed E-state index contributed by atoms with van der Waals surface area (Å²) in [5, 5.41) is 12.0. The van der Waals surface area contributed by atoms with E-state index in [0.29, 0.717) is 5.16 Å². The minimum absolute atomic E-state index is 0.0669. The van der Waals surface area contributed by atoms with Gasteiger partial charge in [-0.25, -0.2) is 0 Å². The van der Waals surface area contributed by atoms with Gasteiger partial charge in [0.05, 0.1) is 5.75 Å². The van der Waals surface area contributed by atoms with Gasteiger partial charge in [0, 0.05) is 30.7 Å². The topological polar surface area (TPSA) is 72.7 Å². The molecule has 0 aliphatic carbocycles. The molecule has 0 atom stereocenters. The largest absolute Gasteiger partial charge is 0.325 e. The van der Waals surface area contributed by atoms with Crippen LogP contribution >= 0.6 is 11.8 Å². The van der Waals surface area contributed by atoms with Gasteiger partial charge in [-0.05, 0) is 30.7 Å². The number of aryl methyl sites for hydroxylation is 1. The summed E-state index contributed by atoms with van der Waals surface area (Å²) in [4.78, 5) is 16.1. The number of nitrogens with one attached hydrogen (secondary N) is 1. The highest BCUT2D eigenvalue weighted by Gasteiger charge is 2.13. The molecule has 0 fully saturated rings. The first-order valence-electron chi connectivity index (χ1n) is 7.43. The van der Waals surface area contributed by atoms with E-state index in [2.05, 4.69) is 20.5 Å². The summed E-state index contributed by atoms with van der Waals surface area (Å²) in [6.45, 7) is 1.96. The molecular weight excluding hydrogens is 322 g/mol. The Hall–Kier alpha value is -2.67. The van der Waals surface area contributed by atoms with E-state index in [1.54, 1.807) is 12.4 Å². The molecule has 0 aliphatic rings. The van der Waals surface area contributed by atoms with Crippen LogP contribution in [0.15, 0.2) is 53.9 Å². The summed E-state index contributed by atoms with van der Waals surface area (Å²) in [5.74, 6) is 0.957. The molecule has 1 aromatic carbocycles. The third-order valence-electron chi connectivity index (χ3n) is 3.52. The number of benzene rings is 1. The van der Waals surface area contributed by atoms with Crippen LogP contribution in [0.3, 0.4) is 0 Å². The Morgan fingerprint density at radius 1 is 1.17 bits per heavy atom. The highest BCUT2D eigenvalue weighted by molar-refractivity contribution is 7.99. The van der Waals surface area contributed by atoms with E-state index in [-0.39, 0.29) is 11.7 Å². The molecule has 122 valence electrons. The third-order valence-corrected chi connectivity index (χ3v) is 4.55. The maximum atomic E-state index is 12.1. The van der Waals surface area contributed by atoms with Gasteiger partial charge in [0.1, 0.15) is 0 Å². The lowest BCUT2D eigenvalue weighted by Gasteiger charge is -2.07. The molecule has 1 amide bonds. The van der Waals surface area contributed by atoms with Gasteiger partial charge in [0.25, 0.3) is 0 Å². The van der Waals surface area contributed by atoms with E-state index in [1.807, 2.05) is 54.9 Å². The van der Waals surface area contributed by atoms with E-state index < -0.39 is 0 Å². The van der Waals surface area contributed by atoms with Crippen LogP contribution in [0, 0.1) is 6.92 Å². The number of thioether (sulfide) groups is 1. The molecule has 1 N–H and O–H groups in total. The Kier molecular flexibility index (Phi) is 4.90. The third kappa shape index (κ3) is 3.62. The number of carbonyl (C=O) groups is 1. The molecule has 3 aromatic rings. The molecule has 24 heavy (non-hydrogen) atoms. The van der Waals surface area contributed by atoms with Crippen molar-refractivity contribution in [2.75, 3.05) is 11.1 Å². The summed E-state index contributed by atoms with van der Waals surface area (Å²) >= 11 is 1.36. The van der Waals surface area contributed by atoms with Crippen molar-refractivity contribution in [2.24, 2.45) is 7.05 Å². The predicted molar refractivity (Wildman–Crippen MR) is 94.8 cm³/mol. The highest BCUT2D eigenvalue weighted by atomic mass is 32.2. The van der Waals surface area contributed by atoms with Crippen LogP contribution in [-0.4, -0.2) is 31.4 Å². The quantitative estimate of drug-likeness (QED) is 0.724. The van der Waals surface area contributed by atoms with Gasteiger partial charge in [-0.3, -0.25) is 9.78 Å². The van der Waals surface area contributed by atoms with Crippen molar-refractivity contribution in [3.63, 3.8) is 0 Å². The molecule has 0 spiro atoms. The zero-order chi connectivity index (χ0) is 16.9. The Bertz CT molecular complexity index is 847. The zero-order valence-electron chi connectivity index (χ0n) is 13.4. The summed E-state index contributed by atoms with van der Waals surface area (Å²) in [7, 11) is 1.89. The first-order valence-corrected chi connectivity index (χ1v) is 8.42. The summed E-state index contributed by atoms with van der Waals surface area (Å²) in [6, 6.07) is 11.5. The van der Waals surface area contributed by atoms with Crippen molar-refractivity contribution in [3.05, 3.63) is 54.4 Å². The van der Waals surface area contributed by atoms with Crippen LogP contribution in [0.2, 0.25) is 0 Å². The number of rotatable bonds is 5. The standard InChI is InChI=1S/C17H17N5OS/c1-12-5-3-4-6-14(12)19-15(23)11-24-17-21-20-16(22(17)2)13-7-9-18-10-8-13/h3-10H,11H2,1-2H3,(H,19,23). The Morgan fingerprint density at radius 2 is 1.92 bits per heavy atom. The van der Waals surface area contributed by atoms with Gasteiger partial charge in [0.2, 0.25) is 5.91 Å².